The Balaban J connectivity index is 1.87. The highest BCUT2D eigenvalue weighted by molar-refractivity contribution is 8.03. The first-order valence-electron chi connectivity index (χ1n) is 7.85. The van der Waals surface area contributed by atoms with Crippen molar-refractivity contribution in [1.29, 1.82) is 5.26 Å². The quantitative estimate of drug-likeness (QED) is 0.365. The summed E-state index contributed by atoms with van der Waals surface area (Å²) in [6.07, 6.45) is 0. The topological polar surface area (TPSA) is 57.9 Å². The van der Waals surface area contributed by atoms with Gasteiger partial charge in [-0.2, -0.15) is 5.26 Å². The van der Waals surface area contributed by atoms with Gasteiger partial charge in [-0.15, -0.1) is 0 Å². The Labute approximate surface area is 159 Å². The summed E-state index contributed by atoms with van der Waals surface area (Å²) in [5, 5.41) is 11.0. The molecule has 3 aromatic rings. The fraction of sp³-hybridized carbons (Fsp3) is 0. The van der Waals surface area contributed by atoms with Gasteiger partial charge in [0.25, 0.3) is 0 Å². The Hall–Kier alpha value is -2.81. The lowest BCUT2D eigenvalue weighted by Crippen LogP contribution is -2.22. The number of carbonyl (C=O) groups excluding carboxylic acids is 2. The molecular weight excluding hydrogens is 362 g/mol. The number of thiocyanates is 1. The molecule has 0 radical (unpaired) electrons. The Kier molecular flexibility index (Phi) is 4.37. The van der Waals surface area contributed by atoms with E-state index in [9.17, 15) is 9.59 Å². The number of rotatable bonds is 3. The maximum Gasteiger partial charge on any atom is 0.195 e. The number of nitriles is 1. The minimum absolute atomic E-state index is 0.172. The van der Waals surface area contributed by atoms with Gasteiger partial charge in [0.1, 0.15) is 5.40 Å². The van der Waals surface area contributed by atoms with Crippen LogP contribution in [0.4, 0.5) is 0 Å². The molecule has 0 N–H and O–H groups in total. The molecule has 0 saturated heterocycles. The molecule has 0 heterocycles. The van der Waals surface area contributed by atoms with E-state index in [1.807, 2.05) is 41.8 Å². The highest BCUT2D eigenvalue weighted by Crippen LogP contribution is 2.39. The first-order valence-corrected chi connectivity index (χ1v) is 9.48. The lowest BCUT2D eigenvalue weighted by atomic mass is 9.84. The van der Waals surface area contributed by atoms with Gasteiger partial charge in [0.05, 0.1) is 0 Å². The summed E-state index contributed by atoms with van der Waals surface area (Å²) in [7, 11) is 0. The lowest BCUT2D eigenvalue weighted by Gasteiger charge is -2.21. The average Bonchev–Trinajstić information content (AvgIpc) is 2.67. The van der Waals surface area contributed by atoms with Crippen LogP contribution in [0.25, 0.3) is 0 Å². The molecule has 0 aliphatic heterocycles. The predicted octanol–water partition coefficient (Wildman–Crippen LogP) is 5.19. The van der Waals surface area contributed by atoms with Crippen molar-refractivity contribution in [3.8, 4) is 5.40 Å². The van der Waals surface area contributed by atoms with E-state index in [4.69, 9.17) is 5.26 Å². The molecule has 26 heavy (non-hydrogen) atoms. The van der Waals surface area contributed by atoms with Crippen LogP contribution < -0.4 is 0 Å². The van der Waals surface area contributed by atoms with Gasteiger partial charge in [-0.05, 0) is 36.0 Å². The van der Waals surface area contributed by atoms with Crippen molar-refractivity contribution >= 4 is 35.1 Å². The zero-order chi connectivity index (χ0) is 18.1. The van der Waals surface area contributed by atoms with Crippen LogP contribution in [0.1, 0.15) is 31.8 Å². The highest BCUT2D eigenvalue weighted by Gasteiger charge is 2.33. The van der Waals surface area contributed by atoms with Crippen LogP contribution in [0.2, 0.25) is 0 Å². The molecule has 0 amide bonds. The molecule has 124 valence electrons. The van der Waals surface area contributed by atoms with Gasteiger partial charge in [0.15, 0.2) is 11.6 Å². The molecule has 0 aromatic heterocycles. The Morgan fingerprint density at radius 1 is 0.692 bits per heavy atom. The number of hydrogen-bond acceptors (Lipinski definition) is 5. The van der Waals surface area contributed by atoms with Crippen LogP contribution in [0.5, 0.6) is 0 Å². The van der Waals surface area contributed by atoms with Crippen LogP contribution in [0.3, 0.4) is 0 Å². The molecule has 0 bridgehead atoms. The normalized spacial score (nSPS) is 12.3. The largest absolute Gasteiger partial charge is 0.289 e. The second kappa shape index (κ2) is 6.83. The number of benzene rings is 3. The smallest absolute Gasteiger partial charge is 0.195 e. The van der Waals surface area contributed by atoms with Crippen LogP contribution in [-0.2, 0) is 0 Å². The van der Waals surface area contributed by atoms with E-state index in [1.165, 1.54) is 11.8 Å². The van der Waals surface area contributed by atoms with Crippen molar-refractivity contribution in [3.05, 3.63) is 89.0 Å². The Morgan fingerprint density at radius 2 is 1.27 bits per heavy atom. The Bertz CT molecular complexity index is 1080. The molecule has 5 heteroatoms. The second-order valence-corrected chi connectivity index (χ2v) is 7.57. The summed E-state index contributed by atoms with van der Waals surface area (Å²) < 4.78 is 0. The van der Waals surface area contributed by atoms with Crippen LogP contribution in [0.15, 0.2) is 81.4 Å². The number of fused-ring (bicyclic) bond motifs is 2. The van der Waals surface area contributed by atoms with Gasteiger partial charge < -0.3 is 0 Å². The number of thioether (sulfide) groups is 1. The predicted molar refractivity (Wildman–Crippen MR) is 102 cm³/mol. The maximum atomic E-state index is 13.2. The fourth-order valence-corrected chi connectivity index (χ4v) is 4.56. The van der Waals surface area contributed by atoms with Crippen molar-refractivity contribution in [2.75, 3.05) is 0 Å². The van der Waals surface area contributed by atoms with Gasteiger partial charge in [-0.25, -0.2) is 0 Å². The van der Waals surface area contributed by atoms with E-state index >= 15 is 0 Å². The van der Waals surface area contributed by atoms with E-state index < -0.39 is 0 Å². The highest BCUT2D eigenvalue weighted by atomic mass is 32.2. The summed E-state index contributed by atoms with van der Waals surface area (Å²) in [4.78, 5) is 28.5. The molecule has 0 saturated carbocycles. The van der Waals surface area contributed by atoms with E-state index in [-0.39, 0.29) is 11.6 Å². The van der Waals surface area contributed by atoms with Crippen LogP contribution >= 0.6 is 23.5 Å². The lowest BCUT2D eigenvalue weighted by molar-refractivity contribution is 0.0974. The summed E-state index contributed by atoms with van der Waals surface area (Å²) in [6, 6.07) is 20.1. The summed E-state index contributed by atoms with van der Waals surface area (Å²) in [5.41, 5.74) is 1.54. The SMILES string of the molecule is N#CSc1cccc2c1C(=O)c1cccc(Sc3ccccc3)c1C2=O. The molecule has 0 spiro atoms. The van der Waals surface area contributed by atoms with Crippen molar-refractivity contribution in [1.82, 2.24) is 0 Å². The summed E-state index contributed by atoms with van der Waals surface area (Å²) in [5.74, 6) is -0.377. The standard InChI is InChI=1S/C21H11NO2S2/c22-12-25-16-10-4-8-14-18(16)20(23)15-9-5-11-17(19(15)21(14)24)26-13-6-2-1-3-7-13/h1-11H. The second-order valence-electron chi connectivity index (χ2n) is 5.62. The number of carbonyl (C=O) groups is 2. The van der Waals surface area contributed by atoms with Gasteiger partial charge in [0.2, 0.25) is 0 Å². The zero-order valence-corrected chi connectivity index (χ0v) is 15.1. The molecule has 3 nitrogen and oxygen atoms in total. The van der Waals surface area contributed by atoms with E-state index in [2.05, 4.69) is 0 Å². The monoisotopic (exact) mass is 373 g/mol. The van der Waals surface area contributed by atoms with Crippen LogP contribution in [-0.4, -0.2) is 11.6 Å². The maximum absolute atomic E-state index is 13.2. The van der Waals surface area contributed by atoms with E-state index in [0.29, 0.717) is 27.1 Å². The average molecular weight is 373 g/mol. The summed E-state index contributed by atoms with van der Waals surface area (Å²) >= 11 is 2.37. The van der Waals surface area contributed by atoms with Crippen molar-refractivity contribution < 1.29 is 9.59 Å². The first kappa shape index (κ1) is 16.6. The third-order valence-corrected chi connectivity index (χ3v) is 5.84. The molecule has 4 rings (SSSR count). The molecular formula is C21H11NO2S2. The van der Waals surface area contributed by atoms with E-state index in [0.717, 1.165) is 21.6 Å². The number of ketones is 2. The molecule has 0 atom stereocenters. The minimum atomic E-state index is -0.205. The van der Waals surface area contributed by atoms with Crippen molar-refractivity contribution in [2.45, 2.75) is 14.7 Å². The van der Waals surface area contributed by atoms with Gasteiger partial charge >= 0.3 is 0 Å². The third-order valence-electron chi connectivity index (χ3n) is 4.12. The number of nitrogens with zero attached hydrogens (tertiary/aromatic N) is 1. The Morgan fingerprint density at radius 3 is 1.88 bits per heavy atom. The van der Waals surface area contributed by atoms with Crippen molar-refractivity contribution in [3.63, 3.8) is 0 Å². The summed E-state index contributed by atoms with van der Waals surface area (Å²) in [6.45, 7) is 0. The molecule has 0 fully saturated rings. The van der Waals surface area contributed by atoms with Gasteiger partial charge in [0, 0.05) is 36.9 Å². The third kappa shape index (κ3) is 2.74. The van der Waals surface area contributed by atoms with Crippen LogP contribution in [0, 0.1) is 10.7 Å². The van der Waals surface area contributed by atoms with Crippen molar-refractivity contribution in [2.24, 2.45) is 0 Å². The molecule has 0 unspecified atom stereocenters. The fourth-order valence-electron chi connectivity index (χ4n) is 3.01. The first-order chi connectivity index (χ1) is 12.7. The van der Waals surface area contributed by atoms with Gasteiger partial charge in [-0.1, -0.05) is 54.2 Å². The zero-order valence-electron chi connectivity index (χ0n) is 13.4. The minimum Gasteiger partial charge on any atom is -0.289 e. The molecule has 1 aliphatic rings. The number of hydrogen-bond donors (Lipinski definition) is 0. The van der Waals surface area contributed by atoms with Gasteiger partial charge in [-0.3, -0.25) is 9.59 Å². The molecule has 3 aromatic carbocycles. The molecule has 1 aliphatic carbocycles. The van der Waals surface area contributed by atoms with E-state index in [1.54, 1.807) is 30.3 Å².